The molecule has 1 atom stereocenters. The van der Waals surface area contributed by atoms with Gasteiger partial charge in [-0.25, -0.2) is 0 Å². The smallest absolute Gasteiger partial charge is 0.119 e. The highest BCUT2D eigenvalue weighted by Gasteiger charge is 2.27. The van der Waals surface area contributed by atoms with Gasteiger partial charge in [0.2, 0.25) is 0 Å². The van der Waals surface area contributed by atoms with E-state index < -0.39 is 0 Å². The number of ether oxygens (including phenoxy) is 1. The van der Waals surface area contributed by atoms with Gasteiger partial charge in [-0.1, -0.05) is 32.0 Å². The van der Waals surface area contributed by atoms with E-state index in [1.807, 2.05) is 42.1 Å². The molecule has 0 saturated carbocycles. The minimum absolute atomic E-state index is 0.410. The summed E-state index contributed by atoms with van der Waals surface area (Å²) >= 11 is 1.87. The molecule has 0 amide bonds. The van der Waals surface area contributed by atoms with Gasteiger partial charge in [0.1, 0.15) is 17.7 Å². The highest BCUT2D eigenvalue weighted by atomic mass is 32.2. The highest BCUT2D eigenvalue weighted by Crippen LogP contribution is 2.34. The van der Waals surface area contributed by atoms with E-state index >= 15 is 0 Å². The summed E-state index contributed by atoms with van der Waals surface area (Å²) < 4.78 is 5.85. The quantitative estimate of drug-likeness (QED) is 0.798. The Morgan fingerprint density at radius 1 is 1.28 bits per heavy atom. The number of rotatable bonds is 5. The molecule has 0 N–H and O–H groups in total. The van der Waals surface area contributed by atoms with Crippen LogP contribution in [-0.4, -0.2) is 23.4 Å². The Morgan fingerprint density at radius 2 is 2.00 bits per heavy atom. The third kappa shape index (κ3) is 3.02. The van der Waals surface area contributed by atoms with Crippen molar-refractivity contribution in [3.05, 3.63) is 41.4 Å². The lowest BCUT2D eigenvalue weighted by Gasteiger charge is -2.29. The van der Waals surface area contributed by atoms with Gasteiger partial charge in [0.15, 0.2) is 0 Å². The van der Waals surface area contributed by atoms with Crippen molar-refractivity contribution in [2.75, 3.05) is 13.2 Å². The van der Waals surface area contributed by atoms with E-state index in [1.165, 1.54) is 5.70 Å². The zero-order chi connectivity index (χ0) is 13.0. The topological polar surface area (TPSA) is 12.5 Å². The summed E-state index contributed by atoms with van der Waals surface area (Å²) in [6.07, 6.45) is 0. The van der Waals surface area contributed by atoms with Crippen molar-refractivity contribution in [3.63, 3.8) is 0 Å². The predicted octanol–water partition coefficient (Wildman–Crippen LogP) is 3.96. The molecule has 98 valence electrons. The lowest BCUT2D eigenvalue weighted by molar-refractivity contribution is 0.222. The average molecular weight is 263 g/mol. The first kappa shape index (κ1) is 13.3. The fourth-order valence-electron chi connectivity index (χ4n) is 2.12. The van der Waals surface area contributed by atoms with Crippen LogP contribution in [0.3, 0.4) is 0 Å². The van der Waals surface area contributed by atoms with Crippen LogP contribution >= 0.6 is 11.8 Å². The summed E-state index contributed by atoms with van der Waals surface area (Å²) in [6, 6.07) is 10.0. The molecule has 0 radical (unpaired) electrons. The van der Waals surface area contributed by atoms with Crippen molar-refractivity contribution >= 4 is 11.8 Å². The fraction of sp³-hybridized carbons (Fsp3) is 0.467. The largest absolute Gasteiger partial charge is 0.491 e. The number of hydrogen-bond acceptors (Lipinski definition) is 3. The highest BCUT2D eigenvalue weighted by molar-refractivity contribution is 8.02. The second-order valence-electron chi connectivity index (χ2n) is 4.70. The number of allylic oxidation sites excluding steroid dienone is 1. The van der Waals surface area contributed by atoms with Gasteiger partial charge < -0.3 is 9.64 Å². The van der Waals surface area contributed by atoms with Crippen molar-refractivity contribution in [1.82, 2.24) is 4.90 Å². The first-order valence-corrected chi connectivity index (χ1v) is 7.46. The van der Waals surface area contributed by atoms with E-state index in [-0.39, 0.29) is 0 Å². The molecule has 1 unspecified atom stereocenters. The minimum atomic E-state index is 0.410. The lowest BCUT2D eigenvalue weighted by atomic mass is 10.1. The molecule has 0 fully saturated rings. The zero-order valence-corrected chi connectivity index (χ0v) is 12.1. The van der Waals surface area contributed by atoms with E-state index in [1.54, 1.807) is 0 Å². The lowest BCUT2D eigenvalue weighted by Crippen LogP contribution is -2.34. The van der Waals surface area contributed by atoms with E-state index in [2.05, 4.69) is 31.1 Å². The summed E-state index contributed by atoms with van der Waals surface area (Å²) in [5.41, 5.74) is 1.43. The Kier molecular flexibility index (Phi) is 4.59. The Morgan fingerprint density at radius 3 is 2.61 bits per heavy atom. The molecule has 0 aliphatic carbocycles. The maximum atomic E-state index is 5.85. The van der Waals surface area contributed by atoms with Crippen molar-refractivity contribution in [1.29, 1.82) is 0 Å². The number of para-hydroxylation sites is 1. The van der Waals surface area contributed by atoms with Crippen molar-refractivity contribution in [3.8, 4) is 5.75 Å². The fourth-order valence-corrected chi connectivity index (χ4v) is 3.39. The van der Waals surface area contributed by atoms with E-state index in [0.29, 0.717) is 11.3 Å². The summed E-state index contributed by atoms with van der Waals surface area (Å²) in [6.45, 7) is 8.47. The average Bonchev–Trinajstić information content (AvgIpc) is 2.80. The minimum Gasteiger partial charge on any atom is -0.491 e. The molecule has 0 spiro atoms. The van der Waals surface area contributed by atoms with Crippen LogP contribution in [0.5, 0.6) is 5.75 Å². The summed E-state index contributed by atoms with van der Waals surface area (Å²) in [5.74, 6) is 1.53. The van der Waals surface area contributed by atoms with Gasteiger partial charge in [0.25, 0.3) is 0 Å². The maximum absolute atomic E-state index is 5.85. The molecule has 0 saturated heterocycles. The Hall–Kier alpha value is -1.09. The molecule has 2 nitrogen and oxygen atoms in total. The molecule has 0 aromatic heterocycles. The van der Waals surface area contributed by atoms with Gasteiger partial charge in [-0.15, -0.1) is 11.8 Å². The van der Waals surface area contributed by atoms with E-state index in [9.17, 15) is 0 Å². The molecule has 1 heterocycles. The second kappa shape index (κ2) is 6.19. The maximum Gasteiger partial charge on any atom is 0.119 e. The zero-order valence-electron chi connectivity index (χ0n) is 11.3. The van der Waals surface area contributed by atoms with Gasteiger partial charge in [-0.2, -0.15) is 0 Å². The predicted molar refractivity (Wildman–Crippen MR) is 78.6 cm³/mol. The summed E-state index contributed by atoms with van der Waals surface area (Å²) in [4.78, 5) is 2.44. The Labute approximate surface area is 114 Å². The third-order valence-corrected chi connectivity index (χ3v) is 4.18. The summed E-state index contributed by atoms with van der Waals surface area (Å²) in [7, 11) is 0. The molecule has 18 heavy (non-hydrogen) atoms. The molecule has 3 heteroatoms. The van der Waals surface area contributed by atoms with E-state index in [0.717, 1.165) is 18.9 Å². The standard InChI is InChI=1S/C15H21NOS/c1-4-16-14(12(2)3)11-18-15(16)10-17-13-8-6-5-7-9-13/h5-9,11-12,15H,4,10H2,1-3H3. The van der Waals surface area contributed by atoms with Crippen molar-refractivity contribution in [2.24, 2.45) is 5.92 Å². The molecule has 0 bridgehead atoms. The number of nitrogens with zero attached hydrogens (tertiary/aromatic N) is 1. The number of likely N-dealkylation sites (N-methyl/N-ethyl adjacent to an activating group) is 1. The van der Waals surface area contributed by atoms with Crippen molar-refractivity contribution in [2.45, 2.75) is 26.1 Å². The van der Waals surface area contributed by atoms with Gasteiger partial charge in [0, 0.05) is 12.2 Å². The van der Waals surface area contributed by atoms with Gasteiger partial charge in [-0.3, -0.25) is 0 Å². The first-order valence-electron chi connectivity index (χ1n) is 6.52. The monoisotopic (exact) mass is 263 g/mol. The van der Waals surface area contributed by atoms with Crippen molar-refractivity contribution < 1.29 is 4.74 Å². The molecule has 1 aliphatic rings. The van der Waals surface area contributed by atoms with Crippen LogP contribution < -0.4 is 4.74 Å². The SMILES string of the molecule is CCN1C(C(C)C)=CSC1COc1ccccc1. The molecule has 1 aromatic rings. The number of thioether (sulfide) groups is 1. The normalized spacial score (nSPS) is 19.2. The number of hydrogen-bond donors (Lipinski definition) is 0. The van der Waals surface area contributed by atoms with Crippen LogP contribution in [0.2, 0.25) is 0 Å². The molecular formula is C15H21NOS. The van der Waals surface area contributed by atoms with Crippen LogP contribution in [0, 0.1) is 5.92 Å². The molecular weight excluding hydrogens is 242 g/mol. The first-order chi connectivity index (χ1) is 8.72. The van der Waals surface area contributed by atoms with Crippen LogP contribution in [0.4, 0.5) is 0 Å². The van der Waals surface area contributed by atoms with Crippen LogP contribution in [-0.2, 0) is 0 Å². The number of benzene rings is 1. The Balaban J connectivity index is 1.92. The van der Waals surface area contributed by atoms with E-state index in [4.69, 9.17) is 4.74 Å². The second-order valence-corrected chi connectivity index (χ2v) is 5.75. The third-order valence-electron chi connectivity index (χ3n) is 3.09. The van der Waals surface area contributed by atoms with Crippen LogP contribution in [0.1, 0.15) is 20.8 Å². The van der Waals surface area contributed by atoms with Gasteiger partial charge >= 0.3 is 0 Å². The molecule has 2 rings (SSSR count). The molecule has 1 aliphatic heterocycles. The van der Waals surface area contributed by atoms with Crippen LogP contribution in [0.25, 0.3) is 0 Å². The molecule has 1 aromatic carbocycles. The van der Waals surface area contributed by atoms with Gasteiger partial charge in [-0.05, 0) is 30.4 Å². The van der Waals surface area contributed by atoms with Gasteiger partial charge in [0.05, 0.1) is 0 Å². The summed E-state index contributed by atoms with van der Waals surface area (Å²) in [5, 5.41) is 2.69. The Bertz CT molecular complexity index is 402. The van der Waals surface area contributed by atoms with Crippen LogP contribution in [0.15, 0.2) is 41.4 Å².